The number of amides is 1. The minimum Gasteiger partial charge on any atom is -0.490 e. The van der Waals surface area contributed by atoms with E-state index in [1.807, 2.05) is 56.3 Å². The summed E-state index contributed by atoms with van der Waals surface area (Å²) < 4.78 is 12.2. The number of fused-ring (bicyclic) bond motifs is 1. The zero-order valence-corrected chi connectivity index (χ0v) is 14.5. The molecule has 0 aliphatic carbocycles. The van der Waals surface area contributed by atoms with Crippen LogP contribution in [0.4, 0.5) is 5.69 Å². The first kappa shape index (κ1) is 16.3. The summed E-state index contributed by atoms with van der Waals surface area (Å²) in [5, 5.41) is 4.00. The molecule has 124 valence electrons. The number of carbonyl (C=O) groups is 1. The normalized spacial score (nSPS) is 10.6. The Morgan fingerprint density at radius 2 is 1.75 bits per heavy atom. The van der Waals surface area contributed by atoms with Crippen LogP contribution in [0.5, 0.6) is 11.5 Å². The molecule has 1 N–H and O–H groups in total. The molecular weight excluding hydrogens is 322 g/mol. The molecule has 0 unspecified atom stereocenters. The van der Waals surface area contributed by atoms with Gasteiger partial charge in [-0.05, 0) is 43.5 Å². The topological polar surface area (TPSA) is 47.6 Å². The van der Waals surface area contributed by atoms with Crippen molar-refractivity contribution in [3.8, 4) is 11.5 Å². The van der Waals surface area contributed by atoms with E-state index < -0.39 is 0 Å². The summed E-state index contributed by atoms with van der Waals surface area (Å²) in [6.45, 7) is 4.94. The molecular formula is C19H19NO3S. The lowest BCUT2D eigenvalue weighted by atomic mass is 10.2. The fourth-order valence-corrected chi connectivity index (χ4v) is 3.37. The van der Waals surface area contributed by atoms with Crippen molar-refractivity contribution in [3.05, 3.63) is 53.4 Å². The van der Waals surface area contributed by atoms with Gasteiger partial charge in [0, 0.05) is 16.5 Å². The van der Waals surface area contributed by atoms with Crippen LogP contribution in [0.1, 0.15) is 23.5 Å². The second-order valence-electron chi connectivity index (χ2n) is 5.13. The van der Waals surface area contributed by atoms with E-state index in [0.717, 1.165) is 10.1 Å². The van der Waals surface area contributed by atoms with Crippen LogP contribution < -0.4 is 14.8 Å². The molecule has 24 heavy (non-hydrogen) atoms. The lowest BCUT2D eigenvalue weighted by Gasteiger charge is -2.12. The van der Waals surface area contributed by atoms with E-state index in [1.54, 1.807) is 6.07 Å². The first-order valence-electron chi connectivity index (χ1n) is 7.90. The summed E-state index contributed by atoms with van der Waals surface area (Å²) in [5.41, 5.74) is 0.685. The van der Waals surface area contributed by atoms with Crippen LogP contribution >= 0.6 is 11.3 Å². The molecule has 0 saturated heterocycles. The van der Waals surface area contributed by atoms with Gasteiger partial charge in [-0.15, -0.1) is 11.3 Å². The van der Waals surface area contributed by atoms with Gasteiger partial charge < -0.3 is 14.8 Å². The van der Waals surface area contributed by atoms with Crippen LogP contribution in [0, 0.1) is 0 Å². The van der Waals surface area contributed by atoms with Gasteiger partial charge in [0.2, 0.25) is 0 Å². The van der Waals surface area contributed by atoms with Crippen molar-refractivity contribution in [2.45, 2.75) is 13.8 Å². The summed E-state index contributed by atoms with van der Waals surface area (Å²) in [6, 6.07) is 15.3. The Kier molecular flexibility index (Phi) is 5.01. The Morgan fingerprint density at radius 3 is 2.50 bits per heavy atom. The third kappa shape index (κ3) is 3.51. The van der Waals surface area contributed by atoms with Crippen molar-refractivity contribution in [1.29, 1.82) is 0 Å². The Hall–Kier alpha value is -2.53. The molecule has 0 fully saturated rings. The Bertz CT molecular complexity index is 824. The second-order valence-corrected chi connectivity index (χ2v) is 6.21. The highest BCUT2D eigenvalue weighted by Gasteiger charge is 2.12. The number of nitrogens with one attached hydrogen (secondary N) is 1. The molecule has 2 aromatic carbocycles. The molecule has 4 nitrogen and oxygen atoms in total. The van der Waals surface area contributed by atoms with Crippen molar-refractivity contribution < 1.29 is 14.3 Å². The number of rotatable bonds is 6. The van der Waals surface area contributed by atoms with E-state index >= 15 is 0 Å². The molecule has 3 rings (SSSR count). The maximum Gasteiger partial charge on any atom is 0.265 e. The molecule has 0 aliphatic heterocycles. The van der Waals surface area contributed by atoms with Gasteiger partial charge in [-0.3, -0.25) is 4.79 Å². The summed E-state index contributed by atoms with van der Waals surface area (Å²) >= 11 is 1.48. The number of ether oxygens (including phenoxy) is 2. The second kappa shape index (κ2) is 7.36. The minimum atomic E-state index is -0.122. The van der Waals surface area contributed by atoms with Crippen molar-refractivity contribution in [3.63, 3.8) is 0 Å². The number of hydrogen-bond donors (Lipinski definition) is 1. The summed E-state index contributed by atoms with van der Waals surface area (Å²) in [4.78, 5) is 13.2. The van der Waals surface area contributed by atoms with Gasteiger partial charge in [0.25, 0.3) is 5.91 Å². The van der Waals surface area contributed by atoms with Crippen molar-refractivity contribution in [2.24, 2.45) is 0 Å². The quantitative estimate of drug-likeness (QED) is 0.690. The van der Waals surface area contributed by atoms with E-state index in [9.17, 15) is 4.79 Å². The number of carbonyl (C=O) groups excluding carboxylic acids is 1. The molecule has 0 radical (unpaired) electrons. The predicted molar refractivity (Wildman–Crippen MR) is 98.6 cm³/mol. The molecule has 0 spiro atoms. The van der Waals surface area contributed by atoms with Gasteiger partial charge in [0.15, 0.2) is 11.5 Å². The third-order valence-electron chi connectivity index (χ3n) is 3.45. The third-order valence-corrected chi connectivity index (χ3v) is 4.57. The predicted octanol–water partition coefficient (Wildman–Crippen LogP) is 4.95. The first-order chi connectivity index (χ1) is 11.7. The highest BCUT2D eigenvalue weighted by molar-refractivity contribution is 7.20. The fourth-order valence-electron chi connectivity index (χ4n) is 2.42. The van der Waals surface area contributed by atoms with Crippen LogP contribution in [0.15, 0.2) is 48.5 Å². The number of thiophene rings is 1. The van der Waals surface area contributed by atoms with E-state index in [0.29, 0.717) is 35.3 Å². The molecule has 3 aromatic rings. The lowest BCUT2D eigenvalue weighted by molar-refractivity contribution is 0.103. The van der Waals surface area contributed by atoms with Crippen molar-refractivity contribution in [2.75, 3.05) is 18.5 Å². The summed E-state index contributed by atoms with van der Waals surface area (Å²) in [6.07, 6.45) is 0. The smallest absolute Gasteiger partial charge is 0.265 e. The van der Waals surface area contributed by atoms with E-state index in [-0.39, 0.29) is 5.91 Å². The fraction of sp³-hybridized carbons (Fsp3) is 0.211. The van der Waals surface area contributed by atoms with E-state index in [4.69, 9.17) is 9.47 Å². The monoisotopic (exact) mass is 341 g/mol. The van der Waals surface area contributed by atoms with Crippen LogP contribution in [0.3, 0.4) is 0 Å². The average Bonchev–Trinajstić information content (AvgIpc) is 3.02. The van der Waals surface area contributed by atoms with Crippen LogP contribution in [0.2, 0.25) is 0 Å². The van der Waals surface area contributed by atoms with Gasteiger partial charge in [0.1, 0.15) is 0 Å². The number of anilines is 1. The van der Waals surface area contributed by atoms with E-state index in [1.165, 1.54) is 11.3 Å². The highest BCUT2D eigenvalue weighted by Crippen LogP contribution is 2.31. The molecule has 5 heteroatoms. The van der Waals surface area contributed by atoms with Crippen molar-refractivity contribution in [1.82, 2.24) is 0 Å². The molecule has 1 aromatic heterocycles. The molecule has 0 aliphatic rings. The summed E-state index contributed by atoms with van der Waals surface area (Å²) in [7, 11) is 0. The van der Waals surface area contributed by atoms with Gasteiger partial charge >= 0.3 is 0 Å². The maximum atomic E-state index is 12.5. The zero-order chi connectivity index (χ0) is 16.9. The Morgan fingerprint density at radius 1 is 1.00 bits per heavy atom. The minimum absolute atomic E-state index is 0.122. The highest BCUT2D eigenvalue weighted by atomic mass is 32.1. The Balaban J connectivity index is 1.81. The van der Waals surface area contributed by atoms with Gasteiger partial charge in [-0.2, -0.15) is 0 Å². The average molecular weight is 341 g/mol. The van der Waals surface area contributed by atoms with Crippen LogP contribution in [-0.2, 0) is 0 Å². The number of benzene rings is 2. The van der Waals surface area contributed by atoms with Crippen molar-refractivity contribution >= 4 is 33.0 Å². The first-order valence-corrected chi connectivity index (χ1v) is 8.72. The molecule has 1 heterocycles. The molecule has 0 saturated carbocycles. The SMILES string of the molecule is CCOc1ccc(NC(=O)c2cc3ccccc3s2)cc1OCC. The molecule has 0 atom stereocenters. The van der Waals surface area contributed by atoms with Gasteiger partial charge in [-0.1, -0.05) is 18.2 Å². The standard InChI is InChI=1S/C19H19NO3S/c1-3-22-15-10-9-14(12-16(15)23-4-2)20-19(21)18-11-13-7-5-6-8-17(13)24-18/h5-12H,3-4H2,1-2H3,(H,20,21). The van der Waals surface area contributed by atoms with Gasteiger partial charge in [-0.25, -0.2) is 0 Å². The largest absolute Gasteiger partial charge is 0.490 e. The maximum absolute atomic E-state index is 12.5. The number of hydrogen-bond acceptors (Lipinski definition) is 4. The summed E-state index contributed by atoms with van der Waals surface area (Å²) in [5.74, 6) is 1.19. The van der Waals surface area contributed by atoms with Gasteiger partial charge in [0.05, 0.1) is 18.1 Å². The molecule has 0 bridgehead atoms. The van der Waals surface area contributed by atoms with E-state index in [2.05, 4.69) is 5.32 Å². The van der Waals surface area contributed by atoms with Crippen LogP contribution in [0.25, 0.3) is 10.1 Å². The molecule has 1 amide bonds. The lowest BCUT2D eigenvalue weighted by Crippen LogP contribution is -2.10. The Labute approximate surface area is 145 Å². The van der Waals surface area contributed by atoms with Crippen LogP contribution in [-0.4, -0.2) is 19.1 Å². The zero-order valence-electron chi connectivity index (χ0n) is 13.7.